The molecule has 1 amide bonds. The number of fused-ring (bicyclic) bond motifs is 1. The molecule has 1 N–H and O–H groups in total. The van der Waals surface area contributed by atoms with Crippen LogP contribution in [0.4, 0.5) is 0 Å². The van der Waals surface area contributed by atoms with Crippen LogP contribution in [0.2, 0.25) is 0 Å². The molecule has 0 aliphatic heterocycles. The smallest absolute Gasteiger partial charge is 0.251 e. The molecule has 0 aliphatic carbocycles. The molecule has 0 saturated carbocycles. The van der Waals surface area contributed by atoms with Gasteiger partial charge in [-0.1, -0.05) is 19.1 Å². The van der Waals surface area contributed by atoms with Crippen LogP contribution in [0.5, 0.6) is 0 Å². The van der Waals surface area contributed by atoms with Crippen LogP contribution in [0, 0.1) is 0 Å². The summed E-state index contributed by atoms with van der Waals surface area (Å²) in [6.45, 7) is 1.95. The summed E-state index contributed by atoms with van der Waals surface area (Å²) in [6.07, 6.45) is 3.45. The van der Waals surface area contributed by atoms with E-state index < -0.39 is 9.84 Å². The summed E-state index contributed by atoms with van der Waals surface area (Å²) in [5.74, 6) is -0.246. The van der Waals surface area contributed by atoms with E-state index >= 15 is 0 Å². The second-order valence-corrected chi connectivity index (χ2v) is 7.69. The predicted molar refractivity (Wildman–Crippen MR) is 90.8 cm³/mol. The van der Waals surface area contributed by atoms with Crippen LogP contribution < -0.4 is 5.32 Å². The van der Waals surface area contributed by atoms with Crippen molar-refractivity contribution in [1.29, 1.82) is 0 Å². The summed E-state index contributed by atoms with van der Waals surface area (Å²) in [5, 5.41) is 14.0. The number of pyridine rings is 1. The van der Waals surface area contributed by atoms with Gasteiger partial charge in [0.1, 0.15) is 0 Å². The van der Waals surface area contributed by atoms with Gasteiger partial charge in [0.05, 0.1) is 10.9 Å². The first-order valence-electron chi connectivity index (χ1n) is 7.67. The Balaban J connectivity index is 1.80. The van der Waals surface area contributed by atoms with E-state index in [4.69, 9.17) is 0 Å². The Morgan fingerprint density at radius 1 is 1.24 bits per heavy atom. The molecule has 1 aromatic carbocycles. The maximum atomic E-state index is 12.5. The van der Waals surface area contributed by atoms with Crippen LogP contribution in [-0.4, -0.2) is 40.6 Å². The van der Waals surface area contributed by atoms with Gasteiger partial charge in [-0.3, -0.25) is 4.79 Å². The highest BCUT2D eigenvalue weighted by molar-refractivity contribution is 7.90. The second kappa shape index (κ2) is 6.60. The van der Waals surface area contributed by atoms with Crippen molar-refractivity contribution >= 4 is 21.4 Å². The number of rotatable bonds is 5. The standard InChI is InChI=1S/C16H17N5O3S/c1-3-14(11-4-6-13(7-5-11)25(2,23)24)17-16(22)12-8-9-21-15(10-12)18-19-20-21/h4-10,14H,3H2,1-2H3,(H,17,22). The largest absolute Gasteiger partial charge is 0.345 e. The summed E-state index contributed by atoms with van der Waals surface area (Å²) < 4.78 is 24.6. The molecule has 1 atom stereocenters. The van der Waals surface area contributed by atoms with Crippen molar-refractivity contribution in [1.82, 2.24) is 25.4 Å². The molecule has 0 spiro atoms. The number of carbonyl (C=O) groups excluding carboxylic acids is 1. The zero-order valence-corrected chi connectivity index (χ0v) is 14.6. The van der Waals surface area contributed by atoms with Crippen molar-refractivity contribution in [3.8, 4) is 0 Å². The third-order valence-corrected chi connectivity index (χ3v) is 5.01. The fourth-order valence-corrected chi connectivity index (χ4v) is 3.12. The van der Waals surface area contributed by atoms with Crippen molar-refractivity contribution in [2.45, 2.75) is 24.3 Å². The minimum Gasteiger partial charge on any atom is -0.345 e. The quantitative estimate of drug-likeness (QED) is 0.738. The molecule has 0 radical (unpaired) electrons. The molecule has 8 nitrogen and oxygen atoms in total. The van der Waals surface area contributed by atoms with E-state index in [1.165, 1.54) is 4.52 Å². The molecule has 2 heterocycles. The van der Waals surface area contributed by atoms with E-state index in [1.807, 2.05) is 6.92 Å². The number of nitrogens with one attached hydrogen (secondary N) is 1. The van der Waals surface area contributed by atoms with Gasteiger partial charge in [-0.25, -0.2) is 12.9 Å². The Bertz CT molecular complexity index is 1010. The van der Waals surface area contributed by atoms with Crippen LogP contribution in [-0.2, 0) is 9.84 Å². The van der Waals surface area contributed by atoms with Crippen molar-refractivity contribution in [2.75, 3.05) is 6.26 Å². The monoisotopic (exact) mass is 359 g/mol. The van der Waals surface area contributed by atoms with Gasteiger partial charge in [0.2, 0.25) is 0 Å². The maximum Gasteiger partial charge on any atom is 0.251 e. The first-order chi connectivity index (χ1) is 11.9. The third kappa shape index (κ3) is 3.66. The lowest BCUT2D eigenvalue weighted by Crippen LogP contribution is -2.28. The van der Waals surface area contributed by atoms with Gasteiger partial charge in [0.15, 0.2) is 15.5 Å². The molecule has 130 valence electrons. The molecule has 3 aromatic rings. The van der Waals surface area contributed by atoms with E-state index in [0.717, 1.165) is 11.8 Å². The van der Waals surface area contributed by atoms with Crippen LogP contribution in [0.3, 0.4) is 0 Å². The Morgan fingerprint density at radius 3 is 2.60 bits per heavy atom. The number of tetrazole rings is 1. The van der Waals surface area contributed by atoms with Gasteiger partial charge < -0.3 is 5.32 Å². The highest BCUT2D eigenvalue weighted by Crippen LogP contribution is 2.20. The Kier molecular flexibility index (Phi) is 4.49. The van der Waals surface area contributed by atoms with Gasteiger partial charge in [-0.15, -0.1) is 5.10 Å². The van der Waals surface area contributed by atoms with Crippen molar-refractivity contribution in [3.05, 3.63) is 53.7 Å². The van der Waals surface area contributed by atoms with E-state index in [0.29, 0.717) is 17.6 Å². The van der Waals surface area contributed by atoms with Crippen LogP contribution >= 0.6 is 0 Å². The van der Waals surface area contributed by atoms with Gasteiger partial charge in [0, 0.05) is 18.0 Å². The van der Waals surface area contributed by atoms with E-state index in [2.05, 4.69) is 20.8 Å². The summed E-state index contributed by atoms with van der Waals surface area (Å²) in [7, 11) is -3.24. The summed E-state index contributed by atoms with van der Waals surface area (Å²) in [5.41, 5.74) is 1.78. The molecule has 25 heavy (non-hydrogen) atoms. The fourth-order valence-electron chi connectivity index (χ4n) is 2.49. The Labute approximate surface area is 144 Å². The molecule has 2 aromatic heterocycles. The summed E-state index contributed by atoms with van der Waals surface area (Å²) in [6, 6.07) is 9.55. The first-order valence-corrected chi connectivity index (χ1v) is 9.56. The molecule has 0 saturated heterocycles. The number of nitrogens with zero attached hydrogens (tertiary/aromatic N) is 4. The fraction of sp³-hybridized carbons (Fsp3) is 0.250. The van der Waals surface area contributed by atoms with Crippen LogP contribution in [0.1, 0.15) is 35.3 Å². The van der Waals surface area contributed by atoms with Gasteiger partial charge in [-0.2, -0.15) is 0 Å². The third-order valence-electron chi connectivity index (χ3n) is 3.88. The molecule has 0 aliphatic rings. The van der Waals surface area contributed by atoms with Crippen molar-refractivity contribution < 1.29 is 13.2 Å². The van der Waals surface area contributed by atoms with E-state index in [1.54, 1.807) is 42.6 Å². The Hall–Kier alpha value is -2.81. The lowest BCUT2D eigenvalue weighted by atomic mass is 10.0. The molecular weight excluding hydrogens is 342 g/mol. The predicted octanol–water partition coefficient (Wildman–Crippen LogP) is 1.41. The molecule has 9 heteroatoms. The number of sulfone groups is 1. The maximum absolute atomic E-state index is 12.5. The minimum atomic E-state index is -3.24. The number of benzene rings is 1. The second-order valence-electron chi connectivity index (χ2n) is 5.67. The summed E-state index contributed by atoms with van der Waals surface area (Å²) in [4.78, 5) is 12.7. The number of amides is 1. The van der Waals surface area contributed by atoms with Gasteiger partial charge in [0.25, 0.3) is 5.91 Å². The number of aromatic nitrogens is 4. The zero-order chi connectivity index (χ0) is 18.0. The summed E-state index contributed by atoms with van der Waals surface area (Å²) >= 11 is 0. The highest BCUT2D eigenvalue weighted by atomic mass is 32.2. The molecule has 0 fully saturated rings. The Morgan fingerprint density at radius 2 is 1.96 bits per heavy atom. The average Bonchev–Trinajstić information content (AvgIpc) is 3.06. The van der Waals surface area contributed by atoms with E-state index in [9.17, 15) is 13.2 Å². The number of carbonyl (C=O) groups is 1. The van der Waals surface area contributed by atoms with Gasteiger partial charge in [-0.05, 0) is 46.7 Å². The normalized spacial score (nSPS) is 12.9. The molecule has 1 unspecified atom stereocenters. The number of hydrogen-bond acceptors (Lipinski definition) is 6. The first kappa shape index (κ1) is 17.0. The highest BCUT2D eigenvalue weighted by Gasteiger charge is 2.16. The molecule has 0 bridgehead atoms. The number of hydrogen-bond donors (Lipinski definition) is 1. The minimum absolute atomic E-state index is 0.228. The topological polar surface area (TPSA) is 106 Å². The van der Waals surface area contributed by atoms with Gasteiger partial charge >= 0.3 is 0 Å². The lowest BCUT2D eigenvalue weighted by Gasteiger charge is -2.18. The SMILES string of the molecule is CCC(NC(=O)c1ccn2nnnc2c1)c1ccc(S(C)(=O)=O)cc1. The van der Waals surface area contributed by atoms with Crippen molar-refractivity contribution in [3.63, 3.8) is 0 Å². The van der Waals surface area contributed by atoms with Crippen molar-refractivity contribution in [2.24, 2.45) is 0 Å². The molecular formula is C16H17N5O3S. The van der Waals surface area contributed by atoms with Crippen LogP contribution in [0.15, 0.2) is 47.5 Å². The lowest BCUT2D eigenvalue weighted by molar-refractivity contribution is 0.0935. The van der Waals surface area contributed by atoms with E-state index in [-0.39, 0.29) is 16.8 Å². The molecule has 3 rings (SSSR count). The zero-order valence-electron chi connectivity index (χ0n) is 13.7. The average molecular weight is 359 g/mol. The van der Waals surface area contributed by atoms with Crippen LogP contribution in [0.25, 0.3) is 5.65 Å².